The first-order valence-corrected chi connectivity index (χ1v) is 15.9. The average molecular weight is 612 g/mol. The summed E-state index contributed by atoms with van der Waals surface area (Å²) in [7, 11) is 0. The van der Waals surface area contributed by atoms with Gasteiger partial charge in [0.05, 0.1) is 17.6 Å². The smallest absolute Gasteiger partial charge is 0.275 e. The number of aromatic nitrogens is 4. The van der Waals surface area contributed by atoms with Gasteiger partial charge in [-0.3, -0.25) is 15.1 Å². The number of hydrogen-bond donors (Lipinski definition) is 3. The maximum absolute atomic E-state index is 14.4. The highest BCUT2D eigenvalue weighted by Gasteiger charge is 2.52. The Bertz CT molecular complexity index is 1370. The van der Waals surface area contributed by atoms with Gasteiger partial charge in [-0.2, -0.15) is 5.21 Å². The summed E-state index contributed by atoms with van der Waals surface area (Å²) in [6, 6.07) is 4.25. The van der Waals surface area contributed by atoms with E-state index in [4.69, 9.17) is 16.6 Å². The number of aliphatic imine (C=N–C) groups is 1. The quantitative estimate of drug-likeness (QED) is 0.285. The third-order valence-corrected chi connectivity index (χ3v) is 9.59. The minimum absolute atomic E-state index is 0.0177. The first kappa shape index (κ1) is 31.5. The number of nitrogens with one attached hydrogen (secondary N) is 2. The van der Waals surface area contributed by atoms with Gasteiger partial charge in [-0.15, -0.1) is 10.2 Å². The first-order chi connectivity index (χ1) is 20.6. The lowest BCUT2D eigenvalue weighted by molar-refractivity contribution is -0.132. The van der Waals surface area contributed by atoms with Crippen LogP contribution >= 0.6 is 11.6 Å². The molecule has 3 atom stereocenters. The summed E-state index contributed by atoms with van der Waals surface area (Å²) in [6.45, 7) is 9.22. The molecule has 1 aliphatic heterocycles. The Kier molecular flexibility index (Phi) is 9.78. The van der Waals surface area contributed by atoms with Crippen LogP contribution in [0.25, 0.3) is 0 Å². The van der Waals surface area contributed by atoms with E-state index >= 15 is 0 Å². The van der Waals surface area contributed by atoms with Crippen LogP contribution in [0.2, 0.25) is 5.02 Å². The van der Waals surface area contributed by atoms with Gasteiger partial charge in [0.2, 0.25) is 0 Å². The van der Waals surface area contributed by atoms with E-state index in [-0.39, 0.29) is 22.9 Å². The number of benzene rings is 1. The van der Waals surface area contributed by atoms with E-state index in [1.807, 2.05) is 11.0 Å². The van der Waals surface area contributed by atoms with Crippen LogP contribution in [0.1, 0.15) is 84.0 Å². The lowest BCUT2D eigenvalue weighted by atomic mass is 9.75. The first-order valence-electron chi connectivity index (χ1n) is 15.5. The topological polar surface area (TPSA) is 119 Å². The van der Waals surface area contributed by atoms with E-state index in [1.54, 1.807) is 6.07 Å². The molecule has 3 N–H and O–H groups in total. The van der Waals surface area contributed by atoms with Crippen LogP contribution in [-0.2, 0) is 11.3 Å². The van der Waals surface area contributed by atoms with Gasteiger partial charge in [0.1, 0.15) is 23.4 Å². The monoisotopic (exact) mass is 611 g/mol. The Morgan fingerprint density at radius 1 is 1.21 bits per heavy atom. The van der Waals surface area contributed by atoms with Gasteiger partial charge < -0.3 is 10.0 Å². The minimum Gasteiger partial charge on any atom is -0.378 e. The Morgan fingerprint density at radius 2 is 1.98 bits per heavy atom. The van der Waals surface area contributed by atoms with Gasteiger partial charge in [-0.05, 0) is 86.5 Å². The molecule has 43 heavy (non-hydrogen) atoms. The molecule has 0 radical (unpaired) electrons. The standard InChI is InChI=1S/C32H43ClFN7O2/c1-19(2)5-12-27(22-6-8-23(9-7-22)30(42)35-18-28-37-39-40-38-28)41-31(43)29(24-10-11-26(34)25(33)17-24)36-32(41)15-13-21(14-16-32)20(3)4/h6-8,10-11,17,19-21,23,27,30,35,42H,5,9,12-16,18H2,1-4H3,(H,37,38,39,40)/t21?,23?,27-,30?,32?/m1/s1. The minimum atomic E-state index is -0.786. The van der Waals surface area contributed by atoms with Gasteiger partial charge in [0, 0.05) is 11.5 Å². The predicted molar refractivity (Wildman–Crippen MR) is 165 cm³/mol. The van der Waals surface area contributed by atoms with Crippen LogP contribution < -0.4 is 5.32 Å². The van der Waals surface area contributed by atoms with Crippen molar-refractivity contribution >= 4 is 23.2 Å². The van der Waals surface area contributed by atoms with Crippen molar-refractivity contribution in [1.82, 2.24) is 30.8 Å². The number of nitrogens with zero attached hydrogens (tertiary/aromatic N) is 5. The van der Waals surface area contributed by atoms with E-state index in [2.05, 4.69) is 65.8 Å². The van der Waals surface area contributed by atoms with Crippen molar-refractivity contribution in [3.05, 3.63) is 64.2 Å². The molecule has 0 bridgehead atoms. The number of carbonyl (C=O) groups excluding carboxylic acids is 1. The number of aliphatic hydroxyl groups is 1. The lowest BCUT2D eigenvalue weighted by Crippen LogP contribution is -2.55. The van der Waals surface area contributed by atoms with Gasteiger partial charge in [-0.1, -0.05) is 62.7 Å². The highest BCUT2D eigenvalue weighted by atomic mass is 35.5. The Labute approximate surface area is 258 Å². The highest BCUT2D eigenvalue weighted by molar-refractivity contribution is 6.47. The Balaban J connectivity index is 1.43. The summed E-state index contributed by atoms with van der Waals surface area (Å²) in [5.41, 5.74) is 1.32. The van der Waals surface area contributed by atoms with Crippen molar-refractivity contribution in [1.29, 1.82) is 0 Å². The second kappa shape index (κ2) is 13.4. The van der Waals surface area contributed by atoms with Crippen molar-refractivity contribution in [3.8, 4) is 0 Å². The number of carbonyl (C=O) groups is 1. The lowest BCUT2D eigenvalue weighted by Gasteiger charge is -2.46. The number of rotatable bonds is 11. The van der Waals surface area contributed by atoms with Crippen LogP contribution in [0, 0.1) is 29.5 Å². The fourth-order valence-corrected chi connectivity index (χ4v) is 6.85. The maximum Gasteiger partial charge on any atom is 0.275 e. The second-order valence-corrected chi connectivity index (χ2v) is 13.3. The van der Waals surface area contributed by atoms with Crippen molar-refractivity contribution in [2.75, 3.05) is 0 Å². The van der Waals surface area contributed by atoms with Crippen molar-refractivity contribution in [2.24, 2.45) is 28.7 Å². The molecule has 1 fully saturated rings. The second-order valence-electron chi connectivity index (χ2n) is 12.9. The van der Waals surface area contributed by atoms with Gasteiger partial charge >= 0.3 is 0 Å². The number of aliphatic hydroxyl groups excluding tert-OH is 1. The third-order valence-electron chi connectivity index (χ3n) is 9.30. The Hall–Kier alpha value is -2.95. The van der Waals surface area contributed by atoms with Gasteiger partial charge in [0.15, 0.2) is 5.82 Å². The molecule has 9 nitrogen and oxygen atoms in total. The number of tetrazole rings is 1. The summed E-state index contributed by atoms with van der Waals surface area (Å²) in [4.78, 5) is 21.7. The SMILES string of the molecule is CC(C)CC[C@H](C1=CCC(C(O)NCc2nn[nH]n2)C=C1)N1C(=O)C(c2ccc(F)c(Cl)c2)=NC12CCC(C(C)C)CC2. The number of hydrogen-bond acceptors (Lipinski definition) is 7. The Morgan fingerprint density at radius 3 is 2.58 bits per heavy atom. The number of aromatic amines is 1. The summed E-state index contributed by atoms with van der Waals surface area (Å²) in [6.07, 6.45) is 11.4. The van der Waals surface area contributed by atoms with Crippen LogP contribution in [0.4, 0.5) is 4.39 Å². The molecule has 1 amide bonds. The van der Waals surface area contributed by atoms with E-state index in [0.717, 1.165) is 44.1 Å². The van der Waals surface area contributed by atoms with E-state index < -0.39 is 17.7 Å². The van der Waals surface area contributed by atoms with E-state index in [0.29, 0.717) is 47.8 Å². The molecule has 1 saturated carbocycles. The molecule has 1 aromatic carbocycles. The normalized spacial score (nSPS) is 25.5. The molecule has 232 valence electrons. The van der Waals surface area contributed by atoms with Crippen molar-refractivity contribution in [2.45, 2.75) is 97.1 Å². The molecule has 1 aromatic heterocycles. The van der Waals surface area contributed by atoms with Crippen LogP contribution in [0.5, 0.6) is 0 Å². The fourth-order valence-electron chi connectivity index (χ4n) is 6.67. The summed E-state index contributed by atoms with van der Waals surface area (Å²) in [5.74, 6) is 1.31. The number of allylic oxidation sites excluding steroid dienone is 1. The molecule has 11 heteroatoms. The van der Waals surface area contributed by atoms with Crippen molar-refractivity contribution in [3.63, 3.8) is 0 Å². The van der Waals surface area contributed by atoms with Crippen LogP contribution in [0.15, 0.2) is 47.0 Å². The van der Waals surface area contributed by atoms with Gasteiger partial charge in [0.25, 0.3) is 5.91 Å². The zero-order valence-corrected chi connectivity index (χ0v) is 26.2. The van der Waals surface area contributed by atoms with E-state index in [1.165, 1.54) is 12.1 Å². The zero-order chi connectivity index (χ0) is 30.7. The molecule has 3 aliphatic rings. The molecule has 5 rings (SSSR count). The van der Waals surface area contributed by atoms with Crippen LogP contribution in [-0.4, -0.2) is 60.2 Å². The summed E-state index contributed by atoms with van der Waals surface area (Å²) >= 11 is 6.16. The highest BCUT2D eigenvalue weighted by Crippen LogP contribution is 2.46. The molecular weight excluding hydrogens is 569 g/mol. The molecular formula is C32H43ClFN7O2. The third kappa shape index (κ3) is 6.91. The molecule has 2 unspecified atom stereocenters. The average Bonchev–Trinajstić information content (AvgIpc) is 3.61. The summed E-state index contributed by atoms with van der Waals surface area (Å²) in [5, 5.41) is 27.7. The van der Waals surface area contributed by atoms with Crippen molar-refractivity contribution < 1.29 is 14.3 Å². The van der Waals surface area contributed by atoms with E-state index in [9.17, 15) is 14.3 Å². The largest absolute Gasteiger partial charge is 0.378 e. The maximum atomic E-state index is 14.4. The number of H-pyrrole nitrogens is 1. The summed E-state index contributed by atoms with van der Waals surface area (Å²) < 4.78 is 14.1. The van der Waals surface area contributed by atoms with Crippen LogP contribution in [0.3, 0.4) is 0 Å². The predicted octanol–water partition coefficient (Wildman–Crippen LogP) is 5.58. The molecule has 2 aliphatic carbocycles. The molecule has 0 saturated heterocycles. The molecule has 2 aromatic rings. The number of halogens is 2. The molecule has 1 spiro atoms. The number of amides is 1. The van der Waals surface area contributed by atoms with Gasteiger partial charge in [-0.25, -0.2) is 4.39 Å². The molecule has 2 heterocycles. The fraction of sp³-hybridized carbons (Fsp3) is 0.594. The zero-order valence-electron chi connectivity index (χ0n) is 25.4.